The molecule has 1 saturated heterocycles. The summed E-state index contributed by atoms with van der Waals surface area (Å²) in [5.41, 5.74) is 1.72. The Balaban J connectivity index is 1.60. The Morgan fingerprint density at radius 3 is 2.36 bits per heavy atom. The summed E-state index contributed by atoms with van der Waals surface area (Å²) in [7, 11) is 2.12. The smallest absolute Gasteiger partial charge is 0.323 e. The Labute approximate surface area is 151 Å². The van der Waals surface area contributed by atoms with Gasteiger partial charge < -0.3 is 20.4 Å². The monoisotopic (exact) mass is 362 g/mol. The lowest BCUT2D eigenvalue weighted by Gasteiger charge is -2.34. The molecule has 1 heterocycles. The minimum atomic E-state index is -0.576. The maximum atomic E-state index is 13.7. The van der Waals surface area contributed by atoms with Crippen LogP contribution in [-0.2, 0) is 0 Å². The van der Waals surface area contributed by atoms with E-state index in [1.165, 1.54) is 18.2 Å². The van der Waals surface area contributed by atoms with Crippen molar-refractivity contribution < 1.29 is 9.18 Å². The first-order valence-electron chi connectivity index (χ1n) is 8.08. The van der Waals surface area contributed by atoms with Gasteiger partial charge in [0.1, 0.15) is 5.82 Å². The van der Waals surface area contributed by atoms with Gasteiger partial charge in [-0.3, -0.25) is 0 Å². The van der Waals surface area contributed by atoms with E-state index < -0.39 is 11.8 Å². The molecule has 5 nitrogen and oxygen atoms in total. The van der Waals surface area contributed by atoms with Crippen molar-refractivity contribution in [3.8, 4) is 0 Å². The fourth-order valence-corrected chi connectivity index (χ4v) is 2.92. The molecule has 0 aliphatic carbocycles. The first-order valence-corrected chi connectivity index (χ1v) is 8.46. The zero-order chi connectivity index (χ0) is 17.8. The van der Waals surface area contributed by atoms with E-state index in [0.29, 0.717) is 5.69 Å². The van der Waals surface area contributed by atoms with Crippen molar-refractivity contribution >= 4 is 34.7 Å². The van der Waals surface area contributed by atoms with Gasteiger partial charge in [-0.1, -0.05) is 17.7 Å². The summed E-state index contributed by atoms with van der Waals surface area (Å²) in [6, 6.07) is 11.3. The lowest BCUT2D eigenvalue weighted by molar-refractivity contribution is 0.262. The molecule has 2 amide bonds. The van der Waals surface area contributed by atoms with Crippen LogP contribution in [0.1, 0.15) is 0 Å². The van der Waals surface area contributed by atoms with Crippen LogP contribution in [0.25, 0.3) is 0 Å². The number of benzene rings is 2. The van der Waals surface area contributed by atoms with Crippen molar-refractivity contribution in [2.75, 3.05) is 48.8 Å². The van der Waals surface area contributed by atoms with Crippen molar-refractivity contribution in [2.24, 2.45) is 0 Å². The average Bonchev–Trinajstić information content (AvgIpc) is 2.60. The van der Waals surface area contributed by atoms with Crippen LogP contribution in [0.15, 0.2) is 42.5 Å². The SMILES string of the molecule is CN1CCN(c2ccc(NC(=O)Nc3c(F)cccc3Cl)cc2)CC1. The molecule has 0 aromatic heterocycles. The van der Waals surface area contributed by atoms with E-state index in [-0.39, 0.29) is 10.7 Å². The highest BCUT2D eigenvalue weighted by molar-refractivity contribution is 6.33. The number of hydrogen-bond donors (Lipinski definition) is 2. The van der Waals surface area contributed by atoms with Gasteiger partial charge in [0.25, 0.3) is 0 Å². The maximum Gasteiger partial charge on any atom is 0.323 e. The molecule has 1 fully saturated rings. The molecule has 132 valence electrons. The number of likely N-dealkylation sites (N-methyl/N-ethyl adjacent to an activating group) is 1. The van der Waals surface area contributed by atoms with E-state index in [2.05, 4.69) is 27.5 Å². The van der Waals surface area contributed by atoms with Crippen molar-refractivity contribution in [3.63, 3.8) is 0 Å². The van der Waals surface area contributed by atoms with Crippen molar-refractivity contribution in [2.45, 2.75) is 0 Å². The molecule has 0 bridgehead atoms. The molecule has 1 aliphatic rings. The van der Waals surface area contributed by atoms with Gasteiger partial charge in [0, 0.05) is 37.6 Å². The van der Waals surface area contributed by atoms with E-state index >= 15 is 0 Å². The number of urea groups is 1. The zero-order valence-electron chi connectivity index (χ0n) is 13.9. The summed E-state index contributed by atoms with van der Waals surface area (Å²) < 4.78 is 13.7. The van der Waals surface area contributed by atoms with Crippen LogP contribution in [-0.4, -0.2) is 44.2 Å². The zero-order valence-corrected chi connectivity index (χ0v) is 14.7. The van der Waals surface area contributed by atoms with Crippen LogP contribution in [0.3, 0.4) is 0 Å². The van der Waals surface area contributed by atoms with Crippen LogP contribution in [0, 0.1) is 5.82 Å². The lowest BCUT2D eigenvalue weighted by atomic mass is 10.2. The van der Waals surface area contributed by atoms with Gasteiger partial charge in [-0.2, -0.15) is 0 Å². The predicted molar refractivity (Wildman–Crippen MR) is 100 cm³/mol. The quantitative estimate of drug-likeness (QED) is 0.871. The topological polar surface area (TPSA) is 47.6 Å². The molecule has 1 aliphatic heterocycles. The van der Waals surface area contributed by atoms with Gasteiger partial charge >= 0.3 is 6.03 Å². The third-order valence-electron chi connectivity index (χ3n) is 4.19. The number of carbonyl (C=O) groups excluding carboxylic acids is 1. The van der Waals surface area contributed by atoms with E-state index in [4.69, 9.17) is 11.6 Å². The molecule has 2 N–H and O–H groups in total. The van der Waals surface area contributed by atoms with Gasteiger partial charge in [0.2, 0.25) is 0 Å². The second-order valence-electron chi connectivity index (χ2n) is 6.01. The van der Waals surface area contributed by atoms with Gasteiger partial charge in [0.05, 0.1) is 10.7 Å². The molecule has 0 unspecified atom stereocenters. The number of carbonyl (C=O) groups is 1. The Hall–Kier alpha value is -2.31. The van der Waals surface area contributed by atoms with Crippen molar-refractivity contribution in [1.82, 2.24) is 4.90 Å². The van der Waals surface area contributed by atoms with E-state index in [1.54, 1.807) is 0 Å². The van der Waals surface area contributed by atoms with Crippen LogP contribution >= 0.6 is 11.6 Å². The highest BCUT2D eigenvalue weighted by atomic mass is 35.5. The number of piperazine rings is 1. The lowest BCUT2D eigenvalue weighted by Crippen LogP contribution is -2.44. The number of hydrogen-bond acceptors (Lipinski definition) is 3. The molecule has 0 radical (unpaired) electrons. The second-order valence-corrected chi connectivity index (χ2v) is 6.42. The fraction of sp³-hybridized carbons (Fsp3) is 0.278. The first-order chi connectivity index (χ1) is 12.0. The van der Waals surface area contributed by atoms with Crippen molar-refractivity contribution in [1.29, 1.82) is 0 Å². The predicted octanol–water partition coefficient (Wildman–Crippen LogP) is 3.87. The fourth-order valence-electron chi connectivity index (χ4n) is 2.71. The highest BCUT2D eigenvalue weighted by Gasteiger charge is 2.14. The summed E-state index contributed by atoms with van der Waals surface area (Å²) >= 11 is 5.90. The van der Waals surface area contributed by atoms with Gasteiger partial charge in [-0.15, -0.1) is 0 Å². The van der Waals surface area contributed by atoms with Crippen LogP contribution in [0.2, 0.25) is 5.02 Å². The van der Waals surface area contributed by atoms with Crippen molar-refractivity contribution in [3.05, 3.63) is 53.3 Å². The minimum Gasteiger partial charge on any atom is -0.369 e. The third-order valence-corrected chi connectivity index (χ3v) is 4.51. The molecule has 0 atom stereocenters. The third kappa shape index (κ3) is 4.41. The van der Waals surface area contributed by atoms with E-state index in [0.717, 1.165) is 31.9 Å². The number of para-hydroxylation sites is 1. The number of nitrogens with zero attached hydrogens (tertiary/aromatic N) is 2. The second kappa shape index (κ2) is 7.72. The number of rotatable bonds is 3. The van der Waals surface area contributed by atoms with Gasteiger partial charge in [-0.25, -0.2) is 9.18 Å². The van der Waals surface area contributed by atoms with Crippen LogP contribution in [0.5, 0.6) is 0 Å². The number of amides is 2. The Kier molecular flexibility index (Phi) is 5.40. The van der Waals surface area contributed by atoms with Gasteiger partial charge in [0.15, 0.2) is 0 Å². The van der Waals surface area contributed by atoms with Crippen LogP contribution in [0.4, 0.5) is 26.2 Å². The number of nitrogens with one attached hydrogen (secondary N) is 2. The largest absolute Gasteiger partial charge is 0.369 e. The summed E-state index contributed by atoms with van der Waals surface area (Å²) in [6.07, 6.45) is 0. The van der Waals surface area contributed by atoms with Gasteiger partial charge in [-0.05, 0) is 43.4 Å². The molecular weight excluding hydrogens is 343 g/mol. The van der Waals surface area contributed by atoms with E-state index in [9.17, 15) is 9.18 Å². The first kappa shape index (κ1) is 17.5. The van der Waals surface area contributed by atoms with E-state index in [1.807, 2.05) is 24.3 Å². The highest BCUT2D eigenvalue weighted by Crippen LogP contribution is 2.25. The molecule has 2 aromatic rings. The number of anilines is 3. The molecule has 3 rings (SSSR count). The normalized spacial score (nSPS) is 15.1. The van der Waals surface area contributed by atoms with Crippen LogP contribution < -0.4 is 15.5 Å². The molecule has 25 heavy (non-hydrogen) atoms. The average molecular weight is 363 g/mol. The summed E-state index contributed by atoms with van der Waals surface area (Å²) in [4.78, 5) is 16.7. The minimum absolute atomic E-state index is 0.0317. The molecule has 0 saturated carbocycles. The molecule has 7 heteroatoms. The Morgan fingerprint density at radius 2 is 1.72 bits per heavy atom. The number of halogens is 2. The Bertz CT molecular complexity index is 725. The molecule has 0 spiro atoms. The Morgan fingerprint density at radius 1 is 1.04 bits per heavy atom. The molecule has 2 aromatic carbocycles. The summed E-state index contributed by atoms with van der Waals surface area (Å²) in [6.45, 7) is 4.03. The molecular formula is C18H20ClFN4O. The summed E-state index contributed by atoms with van der Waals surface area (Å²) in [5, 5.41) is 5.27. The standard InChI is InChI=1S/C18H20ClFN4O/c1-23-9-11-24(12-10-23)14-7-5-13(6-8-14)21-18(25)22-17-15(19)3-2-4-16(17)20/h2-8H,9-12H2,1H3,(H2,21,22,25). The maximum absolute atomic E-state index is 13.7. The summed E-state index contributed by atoms with van der Waals surface area (Å²) in [5.74, 6) is -0.576.